The van der Waals surface area contributed by atoms with Gasteiger partial charge in [-0.1, -0.05) is 48.5 Å². The Kier molecular flexibility index (Phi) is 7.76. The average Bonchev–Trinajstić information content (AvgIpc) is 2.87. The zero-order valence-corrected chi connectivity index (χ0v) is 19.6. The zero-order valence-electron chi connectivity index (χ0n) is 19.6. The number of alkyl halides is 3. The molecule has 7 heteroatoms. The number of carbonyl (C=O) groups excluding carboxylic acids is 1. The summed E-state index contributed by atoms with van der Waals surface area (Å²) in [5, 5.41) is 2.83. The summed E-state index contributed by atoms with van der Waals surface area (Å²) in [6.07, 6.45) is -2.73. The molecule has 0 saturated carbocycles. The van der Waals surface area contributed by atoms with Gasteiger partial charge in [0.25, 0.3) is 0 Å². The monoisotopic (exact) mass is 482 g/mol. The summed E-state index contributed by atoms with van der Waals surface area (Å²) < 4.78 is 44.3. The number of piperidine rings is 1. The molecule has 0 aromatic heterocycles. The van der Waals surface area contributed by atoms with Crippen LogP contribution < -0.4 is 10.1 Å². The van der Waals surface area contributed by atoms with Gasteiger partial charge in [-0.2, -0.15) is 13.2 Å². The van der Waals surface area contributed by atoms with Gasteiger partial charge in [0.15, 0.2) is 0 Å². The van der Waals surface area contributed by atoms with E-state index in [1.165, 1.54) is 6.07 Å². The van der Waals surface area contributed by atoms with Crippen molar-refractivity contribution < 1.29 is 22.7 Å². The molecule has 1 heterocycles. The van der Waals surface area contributed by atoms with Crippen molar-refractivity contribution in [1.82, 2.24) is 10.2 Å². The van der Waals surface area contributed by atoms with E-state index in [2.05, 4.69) is 28.4 Å². The lowest BCUT2D eigenvalue weighted by atomic mass is 9.96. The van der Waals surface area contributed by atoms with Crippen LogP contribution in [0.4, 0.5) is 13.2 Å². The predicted octanol–water partition coefficient (Wildman–Crippen LogP) is 5.91. The fraction of sp³-hybridized carbons (Fsp3) is 0.321. The van der Waals surface area contributed by atoms with Gasteiger partial charge in [-0.15, -0.1) is 0 Å². The summed E-state index contributed by atoms with van der Waals surface area (Å²) in [6.45, 7) is 2.32. The number of hydrogen-bond donors (Lipinski definition) is 1. The second-order valence-electron chi connectivity index (χ2n) is 8.89. The van der Waals surface area contributed by atoms with Crippen LogP contribution in [-0.2, 0) is 24.1 Å². The molecule has 1 fully saturated rings. The Bertz CT molecular complexity index is 1160. The molecule has 184 valence electrons. The lowest BCUT2D eigenvalue weighted by Crippen LogP contribution is -2.42. The van der Waals surface area contributed by atoms with Gasteiger partial charge >= 0.3 is 6.18 Å². The molecule has 1 aliphatic heterocycles. The second kappa shape index (κ2) is 11.0. The summed E-state index contributed by atoms with van der Waals surface area (Å²) in [7, 11) is 1.66. The first kappa shape index (κ1) is 24.8. The number of halogens is 3. The van der Waals surface area contributed by atoms with Crippen molar-refractivity contribution in [2.45, 2.75) is 32.1 Å². The average molecular weight is 483 g/mol. The van der Waals surface area contributed by atoms with Crippen LogP contribution in [-0.4, -0.2) is 31.0 Å². The first-order valence-electron chi connectivity index (χ1n) is 11.7. The second-order valence-corrected chi connectivity index (χ2v) is 8.89. The molecule has 0 aliphatic carbocycles. The smallest absolute Gasteiger partial charge is 0.416 e. The van der Waals surface area contributed by atoms with Gasteiger partial charge in [-0.05, 0) is 60.3 Å². The van der Waals surface area contributed by atoms with Gasteiger partial charge in [-0.3, -0.25) is 9.69 Å². The van der Waals surface area contributed by atoms with Crippen molar-refractivity contribution in [2.75, 3.05) is 20.2 Å². The van der Waals surface area contributed by atoms with Crippen molar-refractivity contribution in [3.05, 3.63) is 89.5 Å². The molecule has 1 N–H and O–H groups in total. The molecule has 1 amide bonds. The number of amides is 1. The summed E-state index contributed by atoms with van der Waals surface area (Å²) in [4.78, 5) is 15.1. The zero-order chi connectivity index (χ0) is 24.8. The molecule has 4 rings (SSSR count). The van der Waals surface area contributed by atoms with Gasteiger partial charge in [-0.25, -0.2) is 0 Å². The summed E-state index contributed by atoms with van der Waals surface area (Å²) in [5.74, 6) is 0.516. The molecular weight excluding hydrogens is 453 g/mol. The van der Waals surface area contributed by atoms with E-state index in [-0.39, 0.29) is 18.4 Å². The highest BCUT2D eigenvalue weighted by Crippen LogP contribution is 2.31. The van der Waals surface area contributed by atoms with Gasteiger partial charge in [0.05, 0.1) is 18.6 Å². The Morgan fingerprint density at radius 3 is 2.60 bits per heavy atom. The molecule has 35 heavy (non-hydrogen) atoms. The number of methoxy groups -OCH3 is 1. The molecule has 0 spiro atoms. The fourth-order valence-corrected chi connectivity index (χ4v) is 4.58. The van der Waals surface area contributed by atoms with Crippen LogP contribution in [0.3, 0.4) is 0 Å². The number of nitrogens with one attached hydrogen (secondary N) is 1. The van der Waals surface area contributed by atoms with Crippen molar-refractivity contribution in [3.8, 4) is 16.9 Å². The molecule has 0 bridgehead atoms. The van der Waals surface area contributed by atoms with E-state index in [1.807, 2.05) is 30.3 Å². The Balaban J connectivity index is 1.36. The van der Waals surface area contributed by atoms with Crippen LogP contribution in [0.2, 0.25) is 0 Å². The number of benzene rings is 3. The highest BCUT2D eigenvalue weighted by atomic mass is 19.4. The first-order chi connectivity index (χ1) is 16.8. The topological polar surface area (TPSA) is 41.6 Å². The van der Waals surface area contributed by atoms with E-state index in [4.69, 9.17) is 4.74 Å². The third-order valence-corrected chi connectivity index (χ3v) is 6.35. The Morgan fingerprint density at radius 1 is 1.03 bits per heavy atom. The minimum absolute atomic E-state index is 0.0835. The largest absolute Gasteiger partial charge is 0.496 e. The lowest BCUT2D eigenvalue weighted by molar-refractivity contribution is -0.137. The van der Waals surface area contributed by atoms with Crippen molar-refractivity contribution in [2.24, 2.45) is 5.92 Å². The number of carbonyl (C=O) groups is 1. The van der Waals surface area contributed by atoms with Crippen molar-refractivity contribution in [3.63, 3.8) is 0 Å². The van der Waals surface area contributed by atoms with Crippen LogP contribution in [0.15, 0.2) is 72.8 Å². The number of ether oxygens (including phenoxy) is 1. The molecule has 0 radical (unpaired) electrons. The molecule has 3 aromatic carbocycles. The Hall–Kier alpha value is -3.32. The summed E-state index contributed by atoms with van der Waals surface area (Å²) in [5.41, 5.74) is 2.99. The van der Waals surface area contributed by atoms with Gasteiger partial charge < -0.3 is 10.1 Å². The highest BCUT2D eigenvalue weighted by Gasteiger charge is 2.30. The van der Waals surface area contributed by atoms with Gasteiger partial charge in [0, 0.05) is 25.2 Å². The van der Waals surface area contributed by atoms with Crippen LogP contribution in [0, 0.1) is 5.92 Å². The summed E-state index contributed by atoms with van der Waals surface area (Å²) >= 11 is 0. The third kappa shape index (κ3) is 6.42. The van der Waals surface area contributed by atoms with Crippen molar-refractivity contribution >= 4 is 5.91 Å². The highest BCUT2D eigenvalue weighted by molar-refractivity contribution is 5.79. The molecular formula is C28H29F3N2O2. The van der Waals surface area contributed by atoms with E-state index in [0.717, 1.165) is 60.5 Å². The van der Waals surface area contributed by atoms with Crippen LogP contribution in [0.25, 0.3) is 11.1 Å². The maximum Gasteiger partial charge on any atom is 0.416 e. The van der Waals surface area contributed by atoms with E-state index in [9.17, 15) is 18.0 Å². The fourth-order valence-electron chi connectivity index (χ4n) is 4.58. The molecule has 3 aromatic rings. The van der Waals surface area contributed by atoms with E-state index < -0.39 is 11.7 Å². The molecule has 4 nitrogen and oxygen atoms in total. The van der Waals surface area contributed by atoms with E-state index >= 15 is 0 Å². The number of hydrogen-bond acceptors (Lipinski definition) is 3. The number of para-hydroxylation sites is 1. The van der Waals surface area contributed by atoms with E-state index in [0.29, 0.717) is 12.1 Å². The Morgan fingerprint density at radius 2 is 1.80 bits per heavy atom. The van der Waals surface area contributed by atoms with Crippen LogP contribution in [0.5, 0.6) is 5.75 Å². The maximum absolute atomic E-state index is 12.9. The van der Waals surface area contributed by atoms with Gasteiger partial charge in [0.2, 0.25) is 5.91 Å². The number of rotatable bonds is 7. The first-order valence-corrected chi connectivity index (χ1v) is 11.7. The minimum Gasteiger partial charge on any atom is -0.496 e. The molecule has 1 unspecified atom stereocenters. The molecule has 1 saturated heterocycles. The molecule has 1 atom stereocenters. The van der Waals surface area contributed by atoms with E-state index in [1.54, 1.807) is 13.2 Å². The van der Waals surface area contributed by atoms with Gasteiger partial charge in [0.1, 0.15) is 5.75 Å². The predicted molar refractivity (Wildman–Crippen MR) is 130 cm³/mol. The quantitative estimate of drug-likeness (QED) is 0.455. The third-order valence-electron chi connectivity index (χ3n) is 6.35. The minimum atomic E-state index is -4.40. The molecule has 1 aliphatic rings. The standard InChI is InChI=1S/C28H29F3N2O2/c1-35-26-13-3-2-12-25(26)22-9-4-8-21(15-22)18-33-14-6-10-23(19-33)27(34)32-17-20-7-5-11-24(16-20)28(29,30)31/h2-5,7-9,11-13,15-16,23H,6,10,14,17-19H2,1H3,(H,32,34). The van der Waals surface area contributed by atoms with Crippen LogP contribution >= 0.6 is 0 Å². The SMILES string of the molecule is COc1ccccc1-c1cccc(CN2CCCC(C(=O)NCc3cccc(C(F)(F)F)c3)C2)c1. The lowest BCUT2D eigenvalue weighted by Gasteiger charge is -2.32. The Labute approximate surface area is 203 Å². The number of likely N-dealkylation sites (tertiary alicyclic amines) is 1. The number of nitrogens with zero attached hydrogens (tertiary/aromatic N) is 1. The maximum atomic E-state index is 12.9. The van der Waals surface area contributed by atoms with Crippen molar-refractivity contribution in [1.29, 1.82) is 0 Å². The summed E-state index contributed by atoms with van der Waals surface area (Å²) in [6, 6.07) is 21.3. The van der Waals surface area contributed by atoms with Crippen LogP contribution in [0.1, 0.15) is 29.5 Å². The normalized spacial score (nSPS) is 16.6.